The fraction of sp³-hybridized carbons (Fsp3) is 0.950. The fourth-order valence-electron chi connectivity index (χ4n) is 12.3. The number of ether oxygens (including phenoxy) is 4. The molecular weight excluding hydrogens is 1290 g/mol. The molecule has 17 nitrogen and oxygen atoms in total. The van der Waals surface area contributed by atoms with Crippen LogP contribution in [0.25, 0.3) is 0 Å². The van der Waals surface area contributed by atoms with E-state index in [4.69, 9.17) is 37.0 Å². The van der Waals surface area contributed by atoms with Crippen molar-refractivity contribution in [1.29, 1.82) is 0 Å². The van der Waals surface area contributed by atoms with Crippen molar-refractivity contribution in [3.8, 4) is 0 Å². The first-order valence-electron chi connectivity index (χ1n) is 41.4. The zero-order valence-corrected chi connectivity index (χ0v) is 66.8. The largest absolute Gasteiger partial charge is 0.472 e. The molecule has 0 aliphatic carbocycles. The molecule has 6 atom stereocenters. The number of aliphatic hydroxyl groups excluding tert-OH is 1. The minimum Gasteiger partial charge on any atom is -0.462 e. The van der Waals surface area contributed by atoms with E-state index in [1.54, 1.807) is 0 Å². The molecule has 0 spiro atoms. The summed E-state index contributed by atoms with van der Waals surface area (Å²) in [5.41, 5.74) is 0. The van der Waals surface area contributed by atoms with Crippen LogP contribution in [-0.4, -0.2) is 96.7 Å². The van der Waals surface area contributed by atoms with Crippen LogP contribution in [0, 0.1) is 17.8 Å². The molecule has 0 radical (unpaired) electrons. The standard InChI is InChI=1S/C80H156O17P2/c1-8-10-11-12-13-40-47-54-61-77(82)90-67-75(96-80(85)64-57-50-43-36-30-29-33-39-46-53-60-73(7)9-2)69-94-98(86,87)92-65-74(81)66-93-99(88,89)95-70-76(68-91-78(83)62-55-48-41-34-27-24-20-22-26-32-38-45-52-59-72(5)6)97-79(84)63-56-49-42-35-28-23-19-17-15-14-16-18-21-25-31-37-44-51-58-71(3)4/h71-76,81H,8-70H2,1-7H3,(H,86,87)(H,88,89)/t73?,74-,75+,76+/m0/s1. The predicted molar refractivity (Wildman–Crippen MR) is 405 cm³/mol. The number of carbonyl (C=O) groups excluding carboxylic acids is 4. The second-order valence-corrected chi connectivity index (χ2v) is 32.9. The summed E-state index contributed by atoms with van der Waals surface area (Å²) in [5.74, 6) is 0.300. The second-order valence-electron chi connectivity index (χ2n) is 30.0. The van der Waals surface area contributed by atoms with Crippen molar-refractivity contribution in [2.45, 2.75) is 433 Å². The Morgan fingerprint density at radius 3 is 0.768 bits per heavy atom. The van der Waals surface area contributed by atoms with Gasteiger partial charge in [0.2, 0.25) is 0 Å². The molecule has 588 valence electrons. The van der Waals surface area contributed by atoms with Crippen LogP contribution in [0.4, 0.5) is 0 Å². The lowest BCUT2D eigenvalue weighted by atomic mass is 9.99. The summed E-state index contributed by atoms with van der Waals surface area (Å²) in [5, 5.41) is 10.6. The maximum Gasteiger partial charge on any atom is 0.472 e. The first-order valence-corrected chi connectivity index (χ1v) is 44.4. The number of carbonyl (C=O) groups is 4. The van der Waals surface area contributed by atoms with E-state index in [1.807, 2.05) is 0 Å². The Bertz CT molecular complexity index is 1920. The molecule has 0 saturated carbocycles. The second kappa shape index (κ2) is 70.4. The summed E-state index contributed by atoms with van der Waals surface area (Å²) in [6.45, 7) is 12.0. The quantitative estimate of drug-likeness (QED) is 0.0222. The average Bonchev–Trinajstić information content (AvgIpc) is 1.07. The molecule has 0 aromatic carbocycles. The third-order valence-corrected chi connectivity index (χ3v) is 20.9. The minimum atomic E-state index is -4.96. The van der Waals surface area contributed by atoms with Crippen LogP contribution in [-0.2, 0) is 65.4 Å². The zero-order chi connectivity index (χ0) is 73.0. The molecule has 0 aliphatic rings. The molecule has 0 fully saturated rings. The van der Waals surface area contributed by atoms with Crippen LogP contribution < -0.4 is 0 Å². The maximum atomic E-state index is 13.1. The van der Waals surface area contributed by atoms with Crippen LogP contribution in [0.2, 0.25) is 0 Å². The van der Waals surface area contributed by atoms with E-state index in [2.05, 4.69) is 48.5 Å². The Kier molecular flexibility index (Phi) is 69.0. The van der Waals surface area contributed by atoms with Gasteiger partial charge in [-0.25, -0.2) is 9.13 Å². The van der Waals surface area contributed by atoms with Crippen LogP contribution in [0.15, 0.2) is 0 Å². The van der Waals surface area contributed by atoms with Crippen LogP contribution in [0.5, 0.6) is 0 Å². The molecule has 0 saturated heterocycles. The molecule has 0 bridgehead atoms. The van der Waals surface area contributed by atoms with Gasteiger partial charge in [0.25, 0.3) is 0 Å². The van der Waals surface area contributed by atoms with Gasteiger partial charge < -0.3 is 33.8 Å². The van der Waals surface area contributed by atoms with Crippen molar-refractivity contribution in [3.63, 3.8) is 0 Å². The number of aliphatic hydroxyl groups is 1. The summed E-state index contributed by atoms with van der Waals surface area (Å²) in [6.07, 6.45) is 58.3. The molecule has 0 heterocycles. The Hall–Kier alpha value is -1.94. The highest BCUT2D eigenvalue weighted by molar-refractivity contribution is 7.47. The highest BCUT2D eigenvalue weighted by Crippen LogP contribution is 2.45. The molecule has 0 amide bonds. The van der Waals surface area contributed by atoms with E-state index in [0.29, 0.717) is 25.7 Å². The number of esters is 4. The van der Waals surface area contributed by atoms with E-state index < -0.39 is 97.5 Å². The SMILES string of the molecule is CCCCCCCCCCC(=O)OC[C@H](COP(=O)(O)OC[C@H](O)COP(=O)(O)OC[C@@H](COC(=O)CCCCCCCCCCCCCCCC(C)C)OC(=O)CCCCCCCCCCCCCCCCCCCCC(C)C)OC(=O)CCCCCCCCCCCCC(C)CC. The van der Waals surface area contributed by atoms with E-state index in [0.717, 1.165) is 114 Å². The van der Waals surface area contributed by atoms with Gasteiger partial charge in [-0.2, -0.15) is 0 Å². The van der Waals surface area contributed by atoms with Gasteiger partial charge in [0, 0.05) is 25.7 Å². The summed E-state index contributed by atoms with van der Waals surface area (Å²) in [6, 6.07) is 0. The van der Waals surface area contributed by atoms with Gasteiger partial charge in [-0.1, -0.05) is 363 Å². The van der Waals surface area contributed by atoms with Crippen LogP contribution >= 0.6 is 15.6 Å². The van der Waals surface area contributed by atoms with Crippen LogP contribution in [0.1, 0.15) is 414 Å². The summed E-state index contributed by atoms with van der Waals surface area (Å²) in [7, 11) is -9.92. The average molecular weight is 1450 g/mol. The molecule has 3 unspecified atom stereocenters. The number of hydrogen-bond acceptors (Lipinski definition) is 15. The Labute approximate surface area is 607 Å². The van der Waals surface area contributed by atoms with Crippen molar-refractivity contribution >= 4 is 39.5 Å². The monoisotopic (exact) mass is 1450 g/mol. The highest BCUT2D eigenvalue weighted by atomic mass is 31.2. The first-order chi connectivity index (χ1) is 47.8. The number of rotatable bonds is 78. The van der Waals surface area contributed by atoms with Gasteiger partial charge in [0.1, 0.15) is 19.3 Å². The van der Waals surface area contributed by atoms with Gasteiger partial charge in [0.15, 0.2) is 12.2 Å². The summed E-state index contributed by atoms with van der Waals surface area (Å²) in [4.78, 5) is 72.9. The molecule has 99 heavy (non-hydrogen) atoms. The lowest BCUT2D eigenvalue weighted by Gasteiger charge is -2.21. The predicted octanol–water partition coefficient (Wildman–Crippen LogP) is 23.7. The number of phosphoric ester groups is 2. The molecular formula is C80H156O17P2. The summed E-state index contributed by atoms with van der Waals surface area (Å²) < 4.78 is 68.6. The van der Waals surface area contributed by atoms with Crippen molar-refractivity contribution in [2.24, 2.45) is 17.8 Å². The first kappa shape index (κ1) is 97.1. The van der Waals surface area contributed by atoms with E-state index in [9.17, 15) is 43.2 Å². The van der Waals surface area contributed by atoms with Gasteiger partial charge in [-0.3, -0.25) is 37.3 Å². The smallest absolute Gasteiger partial charge is 0.462 e. The Balaban J connectivity index is 5.20. The number of hydrogen-bond donors (Lipinski definition) is 3. The Morgan fingerprint density at radius 1 is 0.293 bits per heavy atom. The Morgan fingerprint density at radius 2 is 0.515 bits per heavy atom. The molecule has 19 heteroatoms. The normalized spacial score (nSPS) is 14.3. The maximum absolute atomic E-state index is 13.1. The van der Waals surface area contributed by atoms with Crippen molar-refractivity contribution in [1.82, 2.24) is 0 Å². The van der Waals surface area contributed by atoms with Crippen molar-refractivity contribution < 1.29 is 80.2 Å². The number of phosphoric acid groups is 2. The molecule has 3 N–H and O–H groups in total. The lowest BCUT2D eigenvalue weighted by Crippen LogP contribution is -2.30. The van der Waals surface area contributed by atoms with Gasteiger partial charge in [0.05, 0.1) is 26.4 Å². The third-order valence-electron chi connectivity index (χ3n) is 19.0. The highest BCUT2D eigenvalue weighted by Gasteiger charge is 2.30. The summed E-state index contributed by atoms with van der Waals surface area (Å²) >= 11 is 0. The fourth-order valence-corrected chi connectivity index (χ4v) is 13.9. The minimum absolute atomic E-state index is 0.106. The van der Waals surface area contributed by atoms with E-state index in [1.165, 1.54) is 218 Å². The number of unbranched alkanes of at least 4 members (excludes halogenated alkanes) is 45. The van der Waals surface area contributed by atoms with Gasteiger partial charge in [-0.15, -0.1) is 0 Å². The molecule has 0 rings (SSSR count). The zero-order valence-electron chi connectivity index (χ0n) is 65.0. The van der Waals surface area contributed by atoms with Crippen molar-refractivity contribution in [2.75, 3.05) is 39.6 Å². The van der Waals surface area contributed by atoms with Gasteiger partial charge in [-0.05, 0) is 43.4 Å². The lowest BCUT2D eigenvalue weighted by molar-refractivity contribution is -0.161. The van der Waals surface area contributed by atoms with Gasteiger partial charge >= 0.3 is 39.5 Å². The molecule has 0 aromatic rings. The topological polar surface area (TPSA) is 237 Å². The van der Waals surface area contributed by atoms with Crippen molar-refractivity contribution in [3.05, 3.63) is 0 Å². The molecule has 0 aromatic heterocycles. The van der Waals surface area contributed by atoms with Crippen LogP contribution in [0.3, 0.4) is 0 Å². The third kappa shape index (κ3) is 72.8. The molecule has 0 aliphatic heterocycles. The van der Waals surface area contributed by atoms with E-state index in [-0.39, 0.29) is 25.7 Å². The van der Waals surface area contributed by atoms with E-state index >= 15 is 0 Å².